The number of hydrazine groups is 1. The van der Waals surface area contributed by atoms with E-state index in [1.54, 1.807) is 18.1 Å². The van der Waals surface area contributed by atoms with E-state index in [1.807, 2.05) is 13.8 Å². The minimum absolute atomic E-state index is 0.0155. The summed E-state index contributed by atoms with van der Waals surface area (Å²) in [4.78, 5) is 26.6. The predicted octanol–water partition coefficient (Wildman–Crippen LogP) is 0.134. The Morgan fingerprint density at radius 2 is 1.96 bits per heavy atom. The first-order chi connectivity index (χ1) is 10.9. The number of nitrogens with one attached hydrogen (secondary N) is 1. The number of carbonyl (C=O) groups excluding carboxylic acids is 2. The first-order valence-electron chi connectivity index (χ1n) is 8.39. The van der Waals surface area contributed by atoms with Gasteiger partial charge in [0.15, 0.2) is 0 Å². The van der Waals surface area contributed by atoms with Crippen molar-refractivity contribution in [3.63, 3.8) is 0 Å². The topological polar surface area (TPSA) is 105 Å². The van der Waals surface area contributed by atoms with Crippen LogP contribution in [-0.4, -0.2) is 47.4 Å². The third-order valence-electron chi connectivity index (χ3n) is 4.64. The van der Waals surface area contributed by atoms with E-state index in [0.29, 0.717) is 18.9 Å². The molecule has 2 rings (SSSR count). The number of carbonyl (C=O) groups is 2. The number of hydrogen-bond donors (Lipinski definition) is 3. The number of hydrogen-bond acceptors (Lipinski definition) is 5. The van der Waals surface area contributed by atoms with E-state index in [9.17, 15) is 9.59 Å². The number of likely N-dealkylation sites (tertiary alicyclic amines) is 1. The highest BCUT2D eigenvalue weighted by Crippen LogP contribution is 2.34. The normalized spacial score (nSPS) is 23.1. The summed E-state index contributed by atoms with van der Waals surface area (Å²) in [7, 11) is 1.59. The highest BCUT2D eigenvalue weighted by atomic mass is 16.2. The molecule has 2 atom stereocenters. The van der Waals surface area contributed by atoms with Gasteiger partial charge in [-0.15, -0.1) is 0 Å². The Bertz CT molecular complexity index is 487. The van der Waals surface area contributed by atoms with Gasteiger partial charge in [-0.05, 0) is 31.6 Å². The number of nitrogens with zero attached hydrogens (tertiary/aromatic N) is 2. The minimum atomic E-state index is -0.516. The molecular weight excluding hydrogens is 294 g/mol. The molecule has 0 spiro atoms. The van der Waals surface area contributed by atoms with Gasteiger partial charge in [-0.2, -0.15) is 0 Å². The molecule has 2 unspecified atom stereocenters. The van der Waals surface area contributed by atoms with Gasteiger partial charge in [0.05, 0.1) is 0 Å². The van der Waals surface area contributed by atoms with Crippen molar-refractivity contribution in [3.8, 4) is 0 Å². The van der Waals surface area contributed by atoms with Crippen LogP contribution in [0, 0.1) is 11.8 Å². The maximum atomic E-state index is 13.0. The van der Waals surface area contributed by atoms with E-state index >= 15 is 0 Å². The zero-order valence-corrected chi connectivity index (χ0v) is 14.3. The van der Waals surface area contributed by atoms with Crippen LogP contribution in [0.1, 0.15) is 39.5 Å². The fourth-order valence-electron chi connectivity index (χ4n) is 3.17. The fraction of sp³-hybridized carbons (Fsp3) is 0.750. The van der Waals surface area contributed by atoms with Crippen molar-refractivity contribution >= 4 is 11.8 Å². The Hall–Kier alpha value is -1.76. The van der Waals surface area contributed by atoms with Gasteiger partial charge in [-0.1, -0.05) is 13.8 Å². The van der Waals surface area contributed by atoms with Gasteiger partial charge in [0, 0.05) is 31.4 Å². The van der Waals surface area contributed by atoms with Crippen LogP contribution in [0.2, 0.25) is 0 Å². The van der Waals surface area contributed by atoms with Crippen molar-refractivity contribution in [1.29, 1.82) is 0 Å². The molecule has 2 aliphatic rings. The molecule has 5 N–H and O–H groups in total. The van der Waals surface area contributed by atoms with Gasteiger partial charge in [0.2, 0.25) is 11.8 Å². The zero-order valence-electron chi connectivity index (χ0n) is 14.3. The number of rotatable bonds is 6. The number of nitrogens with two attached hydrogens (primary N) is 2. The molecule has 1 aliphatic heterocycles. The second kappa shape index (κ2) is 7.21. The van der Waals surface area contributed by atoms with E-state index in [0.717, 1.165) is 25.0 Å². The summed E-state index contributed by atoms with van der Waals surface area (Å²) in [5.74, 6) is 6.33. The number of amides is 2. The number of likely N-dealkylation sites (N-methyl/N-ethyl adjacent to an activating group) is 1. The van der Waals surface area contributed by atoms with Crippen molar-refractivity contribution in [2.45, 2.75) is 51.6 Å². The largest absolute Gasteiger partial charge is 0.401 e. The summed E-state index contributed by atoms with van der Waals surface area (Å²) in [6.07, 6.45) is 5.38. The minimum Gasteiger partial charge on any atom is -0.401 e. The zero-order chi connectivity index (χ0) is 17.1. The molecule has 0 radical (unpaired) electrons. The van der Waals surface area contributed by atoms with Gasteiger partial charge in [-0.3, -0.25) is 9.59 Å². The lowest BCUT2D eigenvalue weighted by atomic mass is 10.0. The van der Waals surface area contributed by atoms with Crippen LogP contribution in [0.15, 0.2) is 11.9 Å². The van der Waals surface area contributed by atoms with Gasteiger partial charge < -0.3 is 21.0 Å². The lowest BCUT2D eigenvalue weighted by Crippen LogP contribution is -2.55. The Kier molecular flexibility index (Phi) is 5.51. The molecule has 0 aromatic carbocycles. The third-order valence-corrected chi connectivity index (χ3v) is 4.64. The molecule has 7 heteroatoms. The highest BCUT2D eigenvalue weighted by molar-refractivity contribution is 5.90. The van der Waals surface area contributed by atoms with Gasteiger partial charge >= 0.3 is 0 Å². The molecular formula is C16H29N5O2. The summed E-state index contributed by atoms with van der Waals surface area (Å²) in [5.41, 5.74) is 6.75. The summed E-state index contributed by atoms with van der Waals surface area (Å²) >= 11 is 0. The average Bonchev–Trinajstić information content (AvgIpc) is 3.23. The summed E-state index contributed by atoms with van der Waals surface area (Å²) in [6, 6.07) is -0.913. The number of allylic oxidation sites excluding steroid dienone is 1. The highest BCUT2D eigenvalue weighted by Gasteiger charge is 2.39. The maximum absolute atomic E-state index is 13.0. The molecule has 23 heavy (non-hydrogen) atoms. The van der Waals surface area contributed by atoms with Crippen LogP contribution >= 0.6 is 0 Å². The Morgan fingerprint density at radius 1 is 1.30 bits per heavy atom. The predicted molar refractivity (Wildman–Crippen MR) is 88.4 cm³/mol. The average molecular weight is 323 g/mol. The van der Waals surface area contributed by atoms with Crippen molar-refractivity contribution in [3.05, 3.63) is 11.9 Å². The van der Waals surface area contributed by atoms with Crippen molar-refractivity contribution in [2.24, 2.45) is 23.4 Å². The molecule has 7 nitrogen and oxygen atoms in total. The van der Waals surface area contributed by atoms with Gasteiger partial charge in [-0.25, -0.2) is 5.84 Å². The molecule has 0 aromatic heterocycles. The Balaban J connectivity index is 2.14. The molecule has 2 fully saturated rings. The first kappa shape index (κ1) is 17.6. The molecule has 2 amide bonds. The summed E-state index contributed by atoms with van der Waals surface area (Å²) in [6.45, 7) is 4.50. The molecule has 0 aromatic rings. The van der Waals surface area contributed by atoms with E-state index < -0.39 is 12.1 Å². The maximum Gasteiger partial charge on any atom is 0.247 e. The van der Waals surface area contributed by atoms with Crippen LogP contribution in [0.3, 0.4) is 0 Å². The second-order valence-electron chi connectivity index (χ2n) is 6.84. The van der Waals surface area contributed by atoms with Crippen LogP contribution in [0.4, 0.5) is 0 Å². The van der Waals surface area contributed by atoms with Crippen molar-refractivity contribution in [2.75, 3.05) is 13.6 Å². The lowest BCUT2D eigenvalue weighted by molar-refractivity contribution is -0.143. The molecule has 0 bridgehead atoms. The van der Waals surface area contributed by atoms with Crippen LogP contribution in [0.25, 0.3) is 0 Å². The molecule has 1 saturated carbocycles. The van der Waals surface area contributed by atoms with E-state index in [1.165, 1.54) is 5.01 Å². The van der Waals surface area contributed by atoms with Crippen molar-refractivity contribution < 1.29 is 9.59 Å². The SMILES string of the molecule is CNC(=O)C1CCCN1C(=O)C(C(C)C)N(N)/C=C(\N)C1CC1. The van der Waals surface area contributed by atoms with E-state index in [2.05, 4.69) is 5.32 Å². The van der Waals surface area contributed by atoms with Crippen LogP contribution in [-0.2, 0) is 9.59 Å². The summed E-state index contributed by atoms with van der Waals surface area (Å²) < 4.78 is 0. The molecule has 1 heterocycles. The lowest BCUT2D eigenvalue weighted by Gasteiger charge is -2.34. The smallest absolute Gasteiger partial charge is 0.247 e. The quantitative estimate of drug-likeness (QED) is 0.476. The third kappa shape index (κ3) is 3.96. The fourth-order valence-corrected chi connectivity index (χ4v) is 3.17. The van der Waals surface area contributed by atoms with E-state index in [-0.39, 0.29) is 17.7 Å². The van der Waals surface area contributed by atoms with Crippen molar-refractivity contribution in [1.82, 2.24) is 15.2 Å². The standard InChI is InChI=1S/C16H29N5O2/c1-10(2)14(21(18)9-12(17)11-6-7-11)16(23)20-8-4-5-13(20)15(22)19-3/h9-11,13-14H,4-8,17-18H2,1-3H3,(H,19,22)/b12-9-. The first-order valence-corrected chi connectivity index (χ1v) is 8.39. The monoisotopic (exact) mass is 323 g/mol. The van der Waals surface area contributed by atoms with Gasteiger partial charge in [0.25, 0.3) is 0 Å². The Labute approximate surface area is 138 Å². The summed E-state index contributed by atoms with van der Waals surface area (Å²) in [5, 5.41) is 4.07. The molecule has 130 valence electrons. The van der Waals surface area contributed by atoms with Crippen LogP contribution < -0.4 is 16.9 Å². The second-order valence-corrected chi connectivity index (χ2v) is 6.84. The van der Waals surface area contributed by atoms with E-state index in [4.69, 9.17) is 11.6 Å². The molecule has 1 aliphatic carbocycles. The van der Waals surface area contributed by atoms with Crippen LogP contribution in [0.5, 0.6) is 0 Å². The van der Waals surface area contributed by atoms with Gasteiger partial charge in [0.1, 0.15) is 12.1 Å². The molecule has 1 saturated heterocycles. The Morgan fingerprint density at radius 3 is 2.48 bits per heavy atom.